The summed E-state index contributed by atoms with van der Waals surface area (Å²) in [4.78, 5) is 10.6. The summed E-state index contributed by atoms with van der Waals surface area (Å²) in [5.74, 6) is 0.0841. The number of carboxylic acids is 1. The Balaban J connectivity index is 0.000000494. The molecule has 1 aliphatic rings. The van der Waals surface area contributed by atoms with Gasteiger partial charge in [-0.15, -0.1) is 0 Å². The van der Waals surface area contributed by atoms with Crippen LogP contribution in [0.1, 0.15) is 53.9 Å². The summed E-state index contributed by atoms with van der Waals surface area (Å²) < 4.78 is 0. The standard InChI is InChI=1S/C10H15NO2.C4H11N/c1-7-3-10(6-11,4-8(7)2)5-9(12)13;1-4(2,3)5/h7-8H,3-5H2,1-2H3,(H,12,13);5H2,1-3H3/t7-,8-;/m0./s1. The molecular weight excluding hydrogens is 228 g/mol. The van der Waals surface area contributed by atoms with Crippen LogP contribution in [0, 0.1) is 28.6 Å². The fourth-order valence-corrected chi connectivity index (χ4v) is 2.28. The van der Waals surface area contributed by atoms with Crippen LogP contribution in [0.3, 0.4) is 0 Å². The zero-order valence-corrected chi connectivity index (χ0v) is 12.2. The number of carboxylic acid groups (broad SMARTS) is 1. The largest absolute Gasteiger partial charge is 0.481 e. The Hall–Kier alpha value is -1.08. The second-order valence-corrected chi connectivity index (χ2v) is 6.69. The maximum atomic E-state index is 10.6. The van der Waals surface area contributed by atoms with Crippen molar-refractivity contribution in [3.8, 4) is 6.07 Å². The smallest absolute Gasteiger partial charge is 0.304 e. The maximum Gasteiger partial charge on any atom is 0.304 e. The lowest BCUT2D eigenvalue weighted by atomic mass is 9.83. The predicted octanol–water partition coefficient (Wildman–Crippen LogP) is 2.78. The van der Waals surface area contributed by atoms with Crippen molar-refractivity contribution in [3.63, 3.8) is 0 Å². The summed E-state index contributed by atoms with van der Waals surface area (Å²) >= 11 is 0. The Labute approximate surface area is 110 Å². The van der Waals surface area contributed by atoms with Gasteiger partial charge in [0, 0.05) is 5.54 Å². The lowest BCUT2D eigenvalue weighted by molar-refractivity contribution is -0.138. The number of carbonyl (C=O) groups is 1. The van der Waals surface area contributed by atoms with Crippen molar-refractivity contribution in [1.82, 2.24) is 0 Å². The van der Waals surface area contributed by atoms with E-state index in [1.54, 1.807) is 0 Å². The van der Waals surface area contributed by atoms with E-state index in [2.05, 4.69) is 19.9 Å². The molecule has 1 fully saturated rings. The molecular formula is C14H26N2O2. The average molecular weight is 254 g/mol. The molecule has 4 heteroatoms. The molecule has 1 rings (SSSR count). The summed E-state index contributed by atoms with van der Waals surface area (Å²) in [5.41, 5.74) is 4.76. The summed E-state index contributed by atoms with van der Waals surface area (Å²) in [6.07, 6.45) is 1.46. The Morgan fingerprint density at radius 3 is 1.94 bits per heavy atom. The normalized spacial score (nSPS) is 25.8. The number of rotatable bonds is 2. The maximum absolute atomic E-state index is 10.6. The molecule has 104 valence electrons. The van der Waals surface area contributed by atoms with Gasteiger partial charge in [0.25, 0.3) is 0 Å². The number of nitriles is 1. The molecule has 0 unspecified atom stereocenters. The Morgan fingerprint density at radius 2 is 1.72 bits per heavy atom. The first-order chi connectivity index (χ1) is 7.99. The van der Waals surface area contributed by atoms with E-state index in [-0.39, 0.29) is 12.0 Å². The highest BCUT2D eigenvalue weighted by atomic mass is 16.4. The molecule has 0 bridgehead atoms. The molecule has 0 amide bonds. The second-order valence-electron chi connectivity index (χ2n) is 6.69. The minimum Gasteiger partial charge on any atom is -0.481 e. The van der Waals surface area contributed by atoms with Gasteiger partial charge < -0.3 is 10.8 Å². The van der Waals surface area contributed by atoms with Crippen molar-refractivity contribution < 1.29 is 9.90 Å². The number of nitrogens with zero attached hydrogens (tertiary/aromatic N) is 1. The van der Waals surface area contributed by atoms with E-state index in [1.807, 2.05) is 20.8 Å². The van der Waals surface area contributed by atoms with E-state index >= 15 is 0 Å². The van der Waals surface area contributed by atoms with E-state index in [0.717, 1.165) is 12.8 Å². The highest BCUT2D eigenvalue weighted by Crippen LogP contribution is 2.47. The number of nitrogens with two attached hydrogens (primary N) is 1. The van der Waals surface area contributed by atoms with Crippen molar-refractivity contribution in [1.29, 1.82) is 5.26 Å². The van der Waals surface area contributed by atoms with Crippen LogP contribution in [0.25, 0.3) is 0 Å². The fraction of sp³-hybridized carbons (Fsp3) is 0.857. The van der Waals surface area contributed by atoms with Crippen molar-refractivity contribution in [2.75, 3.05) is 0 Å². The lowest BCUT2D eigenvalue weighted by Crippen LogP contribution is -2.26. The van der Waals surface area contributed by atoms with Gasteiger partial charge in [-0.25, -0.2) is 0 Å². The summed E-state index contributed by atoms with van der Waals surface area (Å²) in [7, 11) is 0. The second kappa shape index (κ2) is 6.19. The minimum atomic E-state index is -0.858. The quantitative estimate of drug-likeness (QED) is 0.793. The van der Waals surface area contributed by atoms with Crippen LogP contribution < -0.4 is 5.73 Å². The topological polar surface area (TPSA) is 87.1 Å². The Morgan fingerprint density at radius 1 is 1.39 bits per heavy atom. The molecule has 0 aromatic rings. The highest BCUT2D eigenvalue weighted by Gasteiger charge is 2.43. The zero-order valence-electron chi connectivity index (χ0n) is 12.2. The van der Waals surface area contributed by atoms with Crippen LogP contribution in [0.5, 0.6) is 0 Å². The molecule has 0 aromatic heterocycles. The third kappa shape index (κ3) is 6.61. The first-order valence-corrected chi connectivity index (χ1v) is 6.41. The first kappa shape index (κ1) is 16.9. The highest BCUT2D eigenvalue weighted by molar-refractivity contribution is 5.68. The molecule has 0 heterocycles. The molecule has 1 saturated carbocycles. The Kier molecular flexibility index (Phi) is 5.82. The van der Waals surface area contributed by atoms with E-state index in [1.165, 1.54) is 0 Å². The van der Waals surface area contributed by atoms with Gasteiger partial charge in [0.15, 0.2) is 0 Å². The van der Waals surface area contributed by atoms with Crippen molar-refractivity contribution in [2.24, 2.45) is 23.0 Å². The molecule has 0 spiro atoms. The lowest BCUT2D eigenvalue weighted by Gasteiger charge is -2.17. The van der Waals surface area contributed by atoms with Gasteiger partial charge in [-0.1, -0.05) is 13.8 Å². The summed E-state index contributed by atoms with van der Waals surface area (Å²) in [6, 6.07) is 2.19. The molecule has 1 aliphatic carbocycles. The molecule has 2 atom stereocenters. The van der Waals surface area contributed by atoms with E-state index in [0.29, 0.717) is 11.8 Å². The van der Waals surface area contributed by atoms with E-state index < -0.39 is 11.4 Å². The zero-order chi connectivity index (χ0) is 14.6. The van der Waals surface area contributed by atoms with Gasteiger partial charge in [0.05, 0.1) is 17.9 Å². The van der Waals surface area contributed by atoms with E-state index in [9.17, 15) is 4.79 Å². The van der Waals surface area contributed by atoms with Crippen LogP contribution in [0.15, 0.2) is 0 Å². The molecule has 18 heavy (non-hydrogen) atoms. The first-order valence-electron chi connectivity index (χ1n) is 6.41. The fourth-order valence-electron chi connectivity index (χ4n) is 2.28. The molecule has 0 aromatic carbocycles. The summed E-state index contributed by atoms with van der Waals surface area (Å²) in [5, 5.41) is 17.7. The molecule has 0 radical (unpaired) electrons. The van der Waals surface area contributed by atoms with Gasteiger partial charge in [0.2, 0.25) is 0 Å². The van der Waals surface area contributed by atoms with Gasteiger partial charge in [0.1, 0.15) is 0 Å². The number of hydrogen-bond acceptors (Lipinski definition) is 3. The van der Waals surface area contributed by atoms with Crippen LogP contribution in [-0.4, -0.2) is 16.6 Å². The van der Waals surface area contributed by atoms with Crippen molar-refractivity contribution in [3.05, 3.63) is 0 Å². The van der Waals surface area contributed by atoms with Gasteiger partial charge in [-0.2, -0.15) is 5.26 Å². The van der Waals surface area contributed by atoms with Gasteiger partial charge in [-0.05, 0) is 45.4 Å². The van der Waals surface area contributed by atoms with Gasteiger partial charge in [-0.3, -0.25) is 4.79 Å². The number of hydrogen-bond donors (Lipinski definition) is 2. The molecule has 3 N–H and O–H groups in total. The van der Waals surface area contributed by atoms with Gasteiger partial charge >= 0.3 is 5.97 Å². The van der Waals surface area contributed by atoms with Crippen molar-refractivity contribution >= 4 is 5.97 Å². The third-order valence-electron chi connectivity index (χ3n) is 3.12. The van der Waals surface area contributed by atoms with Crippen LogP contribution in [-0.2, 0) is 4.79 Å². The average Bonchev–Trinajstić information content (AvgIpc) is 2.39. The van der Waals surface area contributed by atoms with Crippen LogP contribution in [0.4, 0.5) is 0 Å². The molecule has 4 nitrogen and oxygen atoms in total. The molecule has 0 saturated heterocycles. The number of aliphatic carboxylic acids is 1. The Bertz CT molecular complexity index is 310. The van der Waals surface area contributed by atoms with E-state index in [4.69, 9.17) is 16.1 Å². The monoisotopic (exact) mass is 254 g/mol. The van der Waals surface area contributed by atoms with Crippen molar-refractivity contribution in [2.45, 2.75) is 59.4 Å². The minimum absolute atomic E-state index is 0. The van der Waals surface area contributed by atoms with Crippen LogP contribution >= 0.6 is 0 Å². The third-order valence-corrected chi connectivity index (χ3v) is 3.12. The van der Waals surface area contributed by atoms with Crippen LogP contribution in [0.2, 0.25) is 0 Å². The SMILES string of the molecule is CC(C)(C)N.C[C@H]1CC(C#N)(CC(=O)O)C[C@@H]1C. The molecule has 0 aliphatic heterocycles. The predicted molar refractivity (Wildman–Crippen MR) is 71.8 cm³/mol. The summed E-state index contributed by atoms with van der Waals surface area (Å²) in [6.45, 7) is 10.1.